The Hall–Kier alpha value is -1.57. The predicted molar refractivity (Wildman–Crippen MR) is 87.0 cm³/mol. The Morgan fingerprint density at radius 1 is 1.35 bits per heavy atom. The molecule has 1 aromatic carbocycles. The summed E-state index contributed by atoms with van der Waals surface area (Å²) in [6.45, 7) is 0.429. The van der Waals surface area contributed by atoms with Gasteiger partial charge in [0.05, 0.1) is 25.9 Å². The van der Waals surface area contributed by atoms with Gasteiger partial charge >= 0.3 is 6.03 Å². The molecule has 124 valence electrons. The molecule has 2 N–H and O–H groups in total. The van der Waals surface area contributed by atoms with Crippen LogP contribution in [-0.4, -0.2) is 58.2 Å². The molecule has 1 spiro atoms. The second-order valence-corrected chi connectivity index (χ2v) is 6.99. The summed E-state index contributed by atoms with van der Waals surface area (Å²) in [5.74, 6) is 1.24. The Labute approximate surface area is 139 Å². The van der Waals surface area contributed by atoms with E-state index in [1.54, 1.807) is 11.8 Å². The summed E-state index contributed by atoms with van der Waals surface area (Å²) in [5, 5.41) is 12.8. The Balaban J connectivity index is 1.49. The lowest BCUT2D eigenvalue weighted by molar-refractivity contribution is -0.131. The van der Waals surface area contributed by atoms with Gasteiger partial charge < -0.3 is 15.2 Å². The number of aliphatic hydroxyl groups excluding tert-OH is 1. The topological polar surface area (TPSA) is 78.9 Å². The highest BCUT2D eigenvalue weighted by Gasteiger charge is 2.53. The van der Waals surface area contributed by atoms with E-state index in [0.29, 0.717) is 18.8 Å². The molecule has 0 radical (unpaired) electrons. The fourth-order valence-electron chi connectivity index (χ4n) is 2.82. The van der Waals surface area contributed by atoms with Crippen LogP contribution >= 0.6 is 11.8 Å². The van der Waals surface area contributed by atoms with Crippen LogP contribution in [0, 0.1) is 0 Å². The Bertz CT molecular complexity index is 575. The number of nitrogens with zero attached hydrogens (tertiary/aromatic N) is 1. The number of rotatable bonds is 6. The van der Waals surface area contributed by atoms with Crippen LogP contribution < -0.4 is 5.32 Å². The normalized spacial score (nSPS) is 25.2. The molecule has 6 nitrogen and oxygen atoms in total. The molecule has 2 fully saturated rings. The Kier molecular flexibility index (Phi) is 4.89. The third-order valence-electron chi connectivity index (χ3n) is 4.08. The van der Waals surface area contributed by atoms with Gasteiger partial charge in [-0.2, -0.15) is 11.8 Å². The van der Waals surface area contributed by atoms with Gasteiger partial charge in [-0.15, -0.1) is 0 Å². The lowest BCUT2D eigenvalue weighted by atomic mass is 9.99. The quantitative estimate of drug-likeness (QED) is 0.758. The molecule has 0 aromatic heterocycles. The number of amides is 3. The third kappa shape index (κ3) is 3.52. The van der Waals surface area contributed by atoms with E-state index in [9.17, 15) is 14.7 Å². The molecule has 3 rings (SSSR count). The molecule has 2 aliphatic heterocycles. The molecular weight excluding hydrogens is 316 g/mol. The minimum atomic E-state index is -0.891. The van der Waals surface area contributed by atoms with Crippen LogP contribution in [0.15, 0.2) is 30.3 Å². The number of hydrogen-bond donors (Lipinski definition) is 2. The summed E-state index contributed by atoms with van der Waals surface area (Å²) >= 11 is 1.66. The fourth-order valence-corrected chi connectivity index (χ4v) is 4.15. The first-order valence-corrected chi connectivity index (χ1v) is 8.78. The largest absolute Gasteiger partial charge is 0.389 e. The Morgan fingerprint density at radius 2 is 2.13 bits per heavy atom. The van der Waals surface area contributed by atoms with Gasteiger partial charge in [-0.25, -0.2) is 4.79 Å². The molecule has 0 saturated carbocycles. The van der Waals surface area contributed by atoms with Crippen LogP contribution in [0.3, 0.4) is 0 Å². The highest BCUT2D eigenvalue weighted by Crippen LogP contribution is 2.33. The van der Waals surface area contributed by atoms with Crippen LogP contribution in [0.1, 0.15) is 12.0 Å². The van der Waals surface area contributed by atoms with Gasteiger partial charge in [0.25, 0.3) is 5.91 Å². The van der Waals surface area contributed by atoms with Crippen LogP contribution in [0.4, 0.5) is 4.79 Å². The van der Waals surface area contributed by atoms with Crippen molar-refractivity contribution < 1.29 is 19.4 Å². The number of nitrogens with one attached hydrogen (secondary N) is 1. The van der Waals surface area contributed by atoms with Crippen LogP contribution in [0.25, 0.3) is 0 Å². The number of urea groups is 1. The number of benzene rings is 1. The van der Waals surface area contributed by atoms with E-state index in [0.717, 1.165) is 16.2 Å². The molecule has 23 heavy (non-hydrogen) atoms. The second-order valence-electron chi connectivity index (χ2n) is 5.89. The van der Waals surface area contributed by atoms with E-state index in [-0.39, 0.29) is 19.1 Å². The molecule has 2 aliphatic rings. The van der Waals surface area contributed by atoms with Gasteiger partial charge in [0.15, 0.2) is 0 Å². The first-order valence-electron chi connectivity index (χ1n) is 7.62. The van der Waals surface area contributed by atoms with Crippen molar-refractivity contribution in [1.29, 1.82) is 0 Å². The van der Waals surface area contributed by atoms with Gasteiger partial charge in [-0.3, -0.25) is 9.69 Å². The second kappa shape index (κ2) is 6.90. The van der Waals surface area contributed by atoms with Crippen molar-refractivity contribution in [2.24, 2.45) is 0 Å². The number of aliphatic hydroxyl groups is 1. The summed E-state index contributed by atoms with van der Waals surface area (Å²) < 4.78 is 5.46. The van der Waals surface area contributed by atoms with E-state index in [2.05, 4.69) is 5.32 Å². The molecule has 2 heterocycles. The SMILES string of the molecule is O=C1N[C@@]2(CCSC2)C(=O)N1C[C@H](O)COCc1ccccc1. The maximum Gasteiger partial charge on any atom is 0.325 e. The van der Waals surface area contributed by atoms with Crippen LogP contribution in [0.2, 0.25) is 0 Å². The summed E-state index contributed by atoms with van der Waals surface area (Å²) in [7, 11) is 0. The van der Waals surface area contributed by atoms with Crippen molar-refractivity contribution in [1.82, 2.24) is 10.2 Å². The standard InChI is InChI=1S/C16H20N2O4S/c19-13(10-22-9-12-4-2-1-3-5-12)8-18-14(20)16(17-15(18)21)6-7-23-11-16/h1-5,13,19H,6-11H2,(H,17,21)/t13-,16+/m0/s1. The van der Waals surface area contributed by atoms with Gasteiger partial charge in [0.2, 0.25) is 0 Å². The number of hydrogen-bond acceptors (Lipinski definition) is 5. The minimum absolute atomic E-state index is 0.0358. The predicted octanol–water partition coefficient (Wildman–Crippen LogP) is 0.992. The first-order chi connectivity index (χ1) is 11.1. The van der Waals surface area contributed by atoms with Crippen molar-refractivity contribution in [2.75, 3.05) is 24.7 Å². The summed E-state index contributed by atoms with van der Waals surface area (Å²) in [4.78, 5) is 25.6. The maximum absolute atomic E-state index is 12.4. The summed E-state index contributed by atoms with van der Waals surface area (Å²) in [5.41, 5.74) is 0.253. The van der Waals surface area contributed by atoms with Crippen LogP contribution in [-0.2, 0) is 16.1 Å². The lowest BCUT2D eigenvalue weighted by Gasteiger charge is -2.21. The van der Waals surface area contributed by atoms with E-state index in [4.69, 9.17) is 4.74 Å². The van der Waals surface area contributed by atoms with Gasteiger partial charge in [0, 0.05) is 5.75 Å². The maximum atomic E-state index is 12.4. The van der Waals surface area contributed by atoms with E-state index >= 15 is 0 Å². The van der Waals surface area contributed by atoms with Crippen molar-refractivity contribution in [3.8, 4) is 0 Å². The number of carbonyl (C=O) groups excluding carboxylic acids is 2. The van der Waals surface area contributed by atoms with Gasteiger partial charge in [0.1, 0.15) is 5.54 Å². The lowest BCUT2D eigenvalue weighted by Crippen LogP contribution is -2.47. The molecule has 2 saturated heterocycles. The number of carbonyl (C=O) groups is 2. The first kappa shape index (κ1) is 16.3. The van der Waals surface area contributed by atoms with E-state index in [1.807, 2.05) is 30.3 Å². The third-order valence-corrected chi connectivity index (χ3v) is 5.27. The Morgan fingerprint density at radius 3 is 2.83 bits per heavy atom. The summed E-state index contributed by atoms with van der Waals surface area (Å²) in [6, 6.07) is 9.21. The number of imide groups is 1. The summed E-state index contributed by atoms with van der Waals surface area (Å²) in [6.07, 6.45) is -0.239. The highest BCUT2D eigenvalue weighted by molar-refractivity contribution is 7.99. The number of ether oxygens (including phenoxy) is 1. The van der Waals surface area contributed by atoms with Gasteiger partial charge in [-0.05, 0) is 17.7 Å². The average molecular weight is 336 g/mol. The molecule has 2 atom stereocenters. The van der Waals surface area contributed by atoms with Crippen LogP contribution in [0.5, 0.6) is 0 Å². The van der Waals surface area contributed by atoms with E-state index in [1.165, 1.54) is 0 Å². The number of thioether (sulfide) groups is 1. The van der Waals surface area contributed by atoms with Crippen molar-refractivity contribution in [2.45, 2.75) is 24.7 Å². The highest BCUT2D eigenvalue weighted by atomic mass is 32.2. The zero-order valence-electron chi connectivity index (χ0n) is 12.7. The zero-order chi connectivity index (χ0) is 16.3. The smallest absolute Gasteiger partial charge is 0.325 e. The van der Waals surface area contributed by atoms with Crippen molar-refractivity contribution >= 4 is 23.7 Å². The molecule has 1 aromatic rings. The van der Waals surface area contributed by atoms with Gasteiger partial charge in [-0.1, -0.05) is 30.3 Å². The molecular formula is C16H20N2O4S. The molecule has 0 aliphatic carbocycles. The number of β-amino-alcohol motifs (C(OH)–C–C–N with tert-alkyl or cyclic N) is 1. The molecule has 0 unspecified atom stereocenters. The monoisotopic (exact) mass is 336 g/mol. The zero-order valence-corrected chi connectivity index (χ0v) is 13.6. The van der Waals surface area contributed by atoms with Crippen molar-refractivity contribution in [3.05, 3.63) is 35.9 Å². The van der Waals surface area contributed by atoms with E-state index < -0.39 is 17.7 Å². The fraction of sp³-hybridized carbons (Fsp3) is 0.500. The minimum Gasteiger partial charge on any atom is -0.389 e. The molecule has 3 amide bonds. The average Bonchev–Trinajstić information content (AvgIpc) is 3.10. The molecule has 7 heteroatoms. The van der Waals surface area contributed by atoms with Crippen molar-refractivity contribution in [3.63, 3.8) is 0 Å². The molecule has 0 bridgehead atoms.